The molecule has 0 aromatic heterocycles. The summed E-state index contributed by atoms with van der Waals surface area (Å²) in [5.74, 6) is -1.20. The molecule has 0 saturated heterocycles. The largest absolute Gasteiger partial charge is 0.469 e. The molecule has 0 aliphatic rings. The van der Waals surface area contributed by atoms with Crippen molar-refractivity contribution in [2.45, 2.75) is 20.3 Å². The van der Waals surface area contributed by atoms with E-state index in [0.717, 1.165) is 0 Å². The number of benzene rings is 1. The number of hydrogen-bond acceptors (Lipinski definition) is 3. The van der Waals surface area contributed by atoms with Gasteiger partial charge < -0.3 is 9.64 Å². The first-order valence-electron chi connectivity index (χ1n) is 6.67. The molecule has 0 heterocycles. The smallest absolute Gasteiger partial charge is 0.307 e. The topological polar surface area (TPSA) is 46.6 Å². The lowest BCUT2D eigenvalue weighted by atomic mass is 10.1. The van der Waals surface area contributed by atoms with E-state index in [-0.39, 0.29) is 28.9 Å². The maximum atomic E-state index is 14.0. The van der Waals surface area contributed by atoms with E-state index in [1.54, 1.807) is 6.07 Å². The molecule has 0 aliphatic carbocycles. The summed E-state index contributed by atoms with van der Waals surface area (Å²) in [6, 6.07) is 4.58. The number of amides is 1. The maximum Gasteiger partial charge on any atom is 0.307 e. The van der Waals surface area contributed by atoms with Crippen molar-refractivity contribution in [3.63, 3.8) is 0 Å². The van der Waals surface area contributed by atoms with Gasteiger partial charge >= 0.3 is 5.97 Å². The van der Waals surface area contributed by atoms with Gasteiger partial charge in [0.2, 0.25) is 0 Å². The van der Waals surface area contributed by atoms with Crippen molar-refractivity contribution in [2.75, 3.05) is 20.2 Å². The summed E-state index contributed by atoms with van der Waals surface area (Å²) in [5.41, 5.74) is -0.00473. The summed E-state index contributed by atoms with van der Waals surface area (Å²) >= 11 is 3.07. The zero-order chi connectivity index (χ0) is 16.0. The van der Waals surface area contributed by atoms with Gasteiger partial charge in [-0.15, -0.1) is 0 Å². The number of esters is 1. The molecular formula is C15H19BrFNO3. The standard InChI is InChI=1S/C15H19BrFNO3/c1-10(2)9-18(8-7-13(19)21-3)15(20)11-5-4-6-12(16)14(11)17/h4-6,10H,7-9H2,1-3H3. The highest BCUT2D eigenvalue weighted by molar-refractivity contribution is 9.10. The van der Waals surface area contributed by atoms with Crippen LogP contribution in [-0.4, -0.2) is 37.0 Å². The molecule has 1 aromatic carbocycles. The molecule has 0 radical (unpaired) electrons. The van der Waals surface area contributed by atoms with Crippen LogP contribution in [-0.2, 0) is 9.53 Å². The first-order valence-corrected chi connectivity index (χ1v) is 7.46. The summed E-state index contributed by atoms with van der Waals surface area (Å²) in [4.78, 5) is 25.2. The van der Waals surface area contributed by atoms with E-state index in [1.165, 1.54) is 24.1 Å². The molecule has 0 unspecified atom stereocenters. The number of carbonyl (C=O) groups is 2. The Morgan fingerprint density at radius 3 is 2.62 bits per heavy atom. The monoisotopic (exact) mass is 359 g/mol. The number of nitrogens with zero attached hydrogens (tertiary/aromatic N) is 1. The number of carbonyl (C=O) groups excluding carboxylic acids is 2. The lowest BCUT2D eigenvalue weighted by Crippen LogP contribution is -2.36. The molecule has 0 saturated carbocycles. The van der Waals surface area contributed by atoms with Crippen LogP contribution in [0.2, 0.25) is 0 Å². The molecule has 0 fully saturated rings. The quantitative estimate of drug-likeness (QED) is 0.732. The van der Waals surface area contributed by atoms with E-state index < -0.39 is 17.7 Å². The Kier molecular flexibility index (Phi) is 6.81. The van der Waals surface area contributed by atoms with Crippen LogP contribution >= 0.6 is 15.9 Å². The number of hydrogen-bond donors (Lipinski definition) is 0. The molecule has 1 rings (SSSR count). The molecule has 0 N–H and O–H groups in total. The van der Waals surface area contributed by atoms with Crippen LogP contribution in [0, 0.1) is 11.7 Å². The molecular weight excluding hydrogens is 341 g/mol. The molecule has 0 spiro atoms. The molecule has 1 aromatic rings. The first-order chi connectivity index (χ1) is 9.86. The van der Waals surface area contributed by atoms with Gasteiger partial charge in [0.15, 0.2) is 0 Å². The van der Waals surface area contributed by atoms with Crippen LogP contribution in [0.15, 0.2) is 22.7 Å². The van der Waals surface area contributed by atoms with Crippen LogP contribution in [0.5, 0.6) is 0 Å². The van der Waals surface area contributed by atoms with E-state index in [1.807, 2.05) is 13.8 Å². The van der Waals surface area contributed by atoms with Crippen molar-refractivity contribution >= 4 is 27.8 Å². The third-order valence-corrected chi connectivity index (χ3v) is 3.48. The van der Waals surface area contributed by atoms with Gasteiger partial charge in [-0.2, -0.15) is 0 Å². The van der Waals surface area contributed by atoms with Gasteiger partial charge in [0, 0.05) is 13.1 Å². The summed E-state index contributed by atoms with van der Waals surface area (Å²) in [7, 11) is 1.30. The van der Waals surface area contributed by atoms with Crippen LogP contribution in [0.1, 0.15) is 30.6 Å². The van der Waals surface area contributed by atoms with Gasteiger partial charge in [0.25, 0.3) is 5.91 Å². The molecule has 4 nitrogen and oxygen atoms in total. The van der Waals surface area contributed by atoms with Crippen molar-refractivity contribution in [2.24, 2.45) is 5.92 Å². The third-order valence-electron chi connectivity index (χ3n) is 2.87. The fourth-order valence-corrected chi connectivity index (χ4v) is 2.25. The molecule has 0 atom stereocenters. The maximum absolute atomic E-state index is 14.0. The number of ether oxygens (including phenoxy) is 1. The van der Waals surface area contributed by atoms with Gasteiger partial charge in [-0.05, 0) is 34.0 Å². The molecule has 1 amide bonds. The van der Waals surface area contributed by atoms with Crippen LogP contribution < -0.4 is 0 Å². The minimum atomic E-state index is -0.589. The van der Waals surface area contributed by atoms with E-state index >= 15 is 0 Å². The highest BCUT2D eigenvalue weighted by Crippen LogP contribution is 2.20. The van der Waals surface area contributed by atoms with E-state index in [9.17, 15) is 14.0 Å². The second-order valence-corrected chi connectivity index (χ2v) is 5.93. The second kappa shape index (κ2) is 8.12. The van der Waals surface area contributed by atoms with Gasteiger partial charge in [-0.3, -0.25) is 9.59 Å². The summed E-state index contributed by atoms with van der Waals surface area (Å²) < 4.78 is 18.8. The number of halogens is 2. The van der Waals surface area contributed by atoms with Crippen molar-refractivity contribution in [1.29, 1.82) is 0 Å². The zero-order valence-electron chi connectivity index (χ0n) is 12.4. The fourth-order valence-electron chi connectivity index (χ4n) is 1.88. The molecule has 0 aliphatic heterocycles. The summed E-state index contributed by atoms with van der Waals surface area (Å²) in [6.07, 6.45) is 0.0879. The van der Waals surface area contributed by atoms with Crippen LogP contribution in [0.25, 0.3) is 0 Å². The van der Waals surface area contributed by atoms with Crippen molar-refractivity contribution in [3.05, 3.63) is 34.1 Å². The molecule has 116 valence electrons. The van der Waals surface area contributed by atoms with Crippen molar-refractivity contribution < 1.29 is 18.7 Å². The Morgan fingerprint density at radius 1 is 1.38 bits per heavy atom. The van der Waals surface area contributed by atoms with E-state index in [2.05, 4.69) is 20.7 Å². The Bertz CT molecular complexity index is 520. The van der Waals surface area contributed by atoms with Crippen molar-refractivity contribution in [1.82, 2.24) is 4.90 Å². The Balaban J connectivity index is 2.93. The number of rotatable bonds is 6. The lowest BCUT2D eigenvalue weighted by Gasteiger charge is -2.24. The Labute approximate surface area is 132 Å². The zero-order valence-corrected chi connectivity index (χ0v) is 13.9. The van der Waals surface area contributed by atoms with Crippen LogP contribution in [0.4, 0.5) is 4.39 Å². The lowest BCUT2D eigenvalue weighted by molar-refractivity contribution is -0.140. The fraction of sp³-hybridized carbons (Fsp3) is 0.467. The predicted octanol–water partition coefficient (Wildman–Crippen LogP) is 3.25. The third kappa shape index (κ3) is 5.12. The molecule has 0 bridgehead atoms. The average Bonchev–Trinajstić information content (AvgIpc) is 2.44. The molecule has 6 heteroatoms. The minimum absolute atomic E-state index is 0.00473. The first kappa shape index (κ1) is 17.6. The van der Waals surface area contributed by atoms with Gasteiger partial charge in [0.1, 0.15) is 5.82 Å². The van der Waals surface area contributed by atoms with Crippen molar-refractivity contribution in [3.8, 4) is 0 Å². The summed E-state index contributed by atoms with van der Waals surface area (Å²) in [6.45, 7) is 4.56. The molecule has 21 heavy (non-hydrogen) atoms. The minimum Gasteiger partial charge on any atom is -0.469 e. The Hall–Kier alpha value is -1.43. The van der Waals surface area contributed by atoms with Gasteiger partial charge in [-0.25, -0.2) is 4.39 Å². The Morgan fingerprint density at radius 2 is 2.05 bits per heavy atom. The predicted molar refractivity (Wildman–Crippen MR) is 81.5 cm³/mol. The summed E-state index contributed by atoms with van der Waals surface area (Å²) in [5, 5.41) is 0. The van der Waals surface area contributed by atoms with E-state index in [0.29, 0.717) is 6.54 Å². The normalized spacial score (nSPS) is 10.6. The average molecular weight is 360 g/mol. The van der Waals surface area contributed by atoms with E-state index in [4.69, 9.17) is 0 Å². The van der Waals surface area contributed by atoms with Crippen LogP contribution in [0.3, 0.4) is 0 Å². The highest BCUT2D eigenvalue weighted by Gasteiger charge is 2.22. The van der Waals surface area contributed by atoms with Gasteiger partial charge in [0.05, 0.1) is 23.6 Å². The second-order valence-electron chi connectivity index (χ2n) is 5.07. The SMILES string of the molecule is COC(=O)CCN(CC(C)C)C(=O)c1cccc(Br)c1F. The van der Waals surface area contributed by atoms with Gasteiger partial charge in [-0.1, -0.05) is 19.9 Å². The number of methoxy groups -OCH3 is 1. The highest BCUT2D eigenvalue weighted by atomic mass is 79.9.